The number of benzene rings is 1. The summed E-state index contributed by atoms with van der Waals surface area (Å²) in [5.41, 5.74) is 0. The molecule has 0 amide bonds. The van der Waals surface area contributed by atoms with E-state index < -0.39 is 0 Å². The fraction of sp³-hybridized carbons (Fsp3) is 0.417. The molecular formula is C12H14BrO. The van der Waals surface area contributed by atoms with Crippen molar-refractivity contribution in [1.29, 1.82) is 0 Å². The number of rotatable bonds is 2. The zero-order valence-corrected chi connectivity index (χ0v) is 9.66. The van der Waals surface area contributed by atoms with Crippen LogP contribution in [0.25, 0.3) is 0 Å². The molecule has 0 aliphatic heterocycles. The van der Waals surface area contributed by atoms with Gasteiger partial charge in [0, 0.05) is 10.9 Å². The maximum atomic E-state index is 5.83. The van der Waals surface area contributed by atoms with E-state index in [0.717, 1.165) is 16.6 Å². The molecule has 0 heterocycles. The van der Waals surface area contributed by atoms with E-state index in [-0.39, 0.29) is 0 Å². The predicted molar refractivity (Wildman–Crippen MR) is 61.3 cm³/mol. The highest BCUT2D eigenvalue weighted by atomic mass is 79.9. The largest absolute Gasteiger partial charge is 0.490 e. The second-order valence-corrected chi connectivity index (χ2v) is 4.55. The second kappa shape index (κ2) is 4.83. The summed E-state index contributed by atoms with van der Waals surface area (Å²) in [6.45, 7) is 0. The lowest BCUT2D eigenvalue weighted by Crippen LogP contribution is -2.20. The molecule has 1 aliphatic rings. The summed E-state index contributed by atoms with van der Waals surface area (Å²) >= 11 is 3.41. The Kier molecular flexibility index (Phi) is 3.46. The lowest BCUT2D eigenvalue weighted by atomic mass is 9.98. The van der Waals surface area contributed by atoms with Gasteiger partial charge in [-0.25, -0.2) is 0 Å². The third kappa shape index (κ3) is 2.74. The average Bonchev–Trinajstić information content (AvgIpc) is 2.23. The fourth-order valence-corrected chi connectivity index (χ4v) is 1.97. The van der Waals surface area contributed by atoms with Crippen LogP contribution in [0.2, 0.25) is 0 Å². The van der Waals surface area contributed by atoms with E-state index in [0.29, 0.717) is 6.10 Å². The Hall–Kier alpha value is -0.500. The Balaban J connectivity index is 1.92. The number of hydrogen-bond donors (Lipinski definition) is 0. The molecule has 1 aromatic carbocycles. The van der Waals surface area contributed by atoms with Crippen LogP contribution in [-0.2, 0) is 0 Å². The molecule has 0 N–H and O–H groups in total. The molecule has 75 valence electrons. The first-order valence-corrected chi connectivity index (χ1v) is 5.89. The van der Waals surface area contributed by atoms with E-state index in [1.807, 2.05) is 24.3 Å². The molecule has 1 radical (unpaired) electrons. The highest BCUT2D eigenvalue weighted by molar-refractivity contribution is 9.10. The summed E-state index contributed by atoms with van der Waals surface area (Å²) in [5, 5.41) is 0. The summed E-state index contributed by atoms with van der Waals surface area (Å²) in [7, 11) is 0. The first-order valence-electron chi connectivity index (χ1n) is 5.10. The third-order valence-electron chi connectivity index (χ3n) is 2.47. The van der Waals surface area contributed by atoms with Gasteiger partial charge < -0.3 is 4.74 Å². The summed E-state index contributed by atoms with van der Waals surface area (Å²) in [5.74, 6) is 0.969. The molecular weight excluding hydrogens is 240 g/mol. The van der Waals surface area contributed by atoms with Crippen molar-refractivity contribution in [3.05, 3.63) is 35.2 Å². The number of ether oxygens (including phenoxy) is 1. The second-order valence-electron chi connectivity index (χ2n) is 3.63. The van der Waals surface area contributed by atoms with Gasteiger partial charge in [-0.2, -0.15) is 0 Å². The number of halogens is 1. The van der Waals surface area contributed by atoms with E-state index in [1.54, 1.807) is 0 Å². The van der Waals surface area contributed by atoms with Gasteiger partial charge in [0.05, 0.1) is 0 Å². The first-order chi connectivity index (χ1) is 6.84. The van der Waals surface area contributed by atoms with Gasteiger partial charge in [-0.15, -0.1) is 0 Å². The van der Waals surface area contributed by atoms with Crippen LogP contribution < -0.4 is 4.74 Å². The highest BCUT2D eigenvalue weighted by Crippen LogP contribution is 2.23. The molecule has 1 nitrogen and oxygen atoms in total. The minimum absolute atomic E-state index is 0.324. The van der Waals surface area contributed by atoms with Gasteiger partial charge in [-0.05, 0) is 43.5 Å². The van der Waals surface area contributed by atoms with Crippen molar-refractivity contribution in [3.8, 4) is 5.75 Å². The molecule has 1 aliphatic carbocycles. The molecule has 1 fully saturated rings. The summed E-state index contributed by atoms with van der Waals surface area (Å²) in [4.78, 5) is 0. The Morgan fingerprint density at radius 3 is 2.57 bits per heavy atom. The summed E-state index contributed by atoms with van der Waals surface area (Å²) in [6, 6.07) is 8.04. The molecule has 0 bridgehead atoms. The van der Waals surface area contributed by atoms with Gasteiger partial charge in [0.1, 0.15) is 11.9 Å². The van der Waals surface area contributed by atoms with Crippen molar-refractivity contribution >= 4 is 15.9 Å². The van der Waals surface area contributed by atoms with Crippen LogP contribution in [-0.4, -0.2) is 6.10 Å². The standard InChI is InChI=1S/C12H14BrO/c13-10-6-8-12(9-7-10)14-11-4-2-1-3-5-11/h4,6-9,11H,1-3,5H2. The lowest BCUT2D eigenvalue weighted by molar-refractivity contribution is 0.199. The van der Waals surface area contributed by atoms with Crippen molar-refractivity contribution in [3.63, 3.8) is 0 Å². The van der Waals surface area contributed by atoms with Crippen LogP contribution in [0.5, 0.6) is 5.75 Å². The van der Waals surface area contributed by atoms with Crippen LogP contribution in [0.4, 0.5) is 0 Å². The van der Waals surface area contributed by atoms with E-state index in [9.17, 15) is 0 Å². The zero-order chi connectivity index (χ0) is 9.80. The van der Waals surface area contributed by atoms with Gasteiger partial charge in [-0.3, -0.25) is 0 Å². The smallest absolute Gasteiger partial charge is 0.119 e. The topological polar surface area (TPSA) is 9.23 Å². The Labute approximate surface area is 93.6 Å². The SMILES string of the molecule is Brc1ccc(OC2[CH]CCCC2)cc1. The normalized spacial score (nSPS) is 18.1. The summed E-state index contributed by atoms with van der Waals surface area (Å²) in [6.07, 6.45) is 7.57. The van der Waals surface area contributed by atoms with Crippen molar-refractivity contribution in [2.75, 3.05) is 0 Å². The van der Waals surface area contributed by atoms with Gasteiger partial charge in [-0.1, -0.05) is 22.4 Å². The van der Waals surface area contributed by atoms with Crippen molar-refractivity contribution in [2.24, 2.45) is 0 Å². The molecule has 0 spiro atoms. The van der Waals surface area contributed by atoms with E-state index in [1.165, 1.54) is 19.3 Å². The monoisotopic (exact) mass is 253 g/mol. The Morgan fingerprint density at radius 2 is 1.93 bits per heavy atom. The van der Waals surface area contributed by atoms with Crippen LogP contribution >= 0.6 is 15.9 Å². The van der Waals surface area contributed by atoms with Gasteiger partial charge in [0.25, 0.3) is 0 Å². The highest BCUT2D eigenvalue weighted by Gasteiger charge is 2.14. The molecule has 0 saturated heterocycles. The van der Waals surface area contributed by atoms with Crippen LogP contribution in [0.1, 0.15) is 25.7 Å². The Morgan fingerprint density at radius 1 is 1.14 bits per heavy atom. The van der Waals surface area contributed by atoms with Crippen molar-refractivity contribution in [2.45, 2.75) is 31.8 Å². The maximum Gasteiger partial charge on any atom is 0.119 e. The molecule has 2 heteroatoms. The third-order valence-corrected chi connectivity index (χ3v) is 3.00. The van der Waals surface area contributed by atoms with Crippen molar-refractivity contribution in [1.82, 2.24) is 0 Å². The van der Waals surface area contributed by atoms with Crippen LogP contribution in [0.15, 0.2) is 28.7 Å². The molecule has 1 aromatic rings. The van der Waals surface area contributed by atoms with E-state index in [2.05, 4.69) is 22.4 Å². The first kappa shape index (κ1) is 10.0. The maximum absolute atomic E-state index is 5.83. The van der Waals surface area contributed by atoms with Gasteiger partial charge >= 0.3 is 0 Å². The molecule has 0 aromatic heterocycles. The molecule has 1 atom stereocenters. The quantitative estimate of drug-likeness (QED) is 0.775. The predicted octanol–water partition coefficient (Wildman–Crippen LogP) is 3.97. The number of hydrogen-bond acceptors (Lipinski definition) is 1. The van der Waals surface area contributed by atoms with Gasteiger partial charge in [0.2, 0.25) is 0 Å². The zero-order valence-electron chi connectivity index (χ0n) is 8.08. The van der Waals surface area contributed by atoms with E-state index >= 15 is 0 Å². The minimum Gasteiger partial charge on any atom is -0.490 e. The molecule has 14 heavy (non-hydrogen) atoms. The van der Waals surface area contributed by atoms with Crippen LogP contribution in [0.3, 0.4) is 0 Å². The summed E-state index contributed by atoms with van der Waals surface area (Å²) < 4.78 is 6.93. The average molecular weight is 254 g/mol. The van der Waals surface area contributed by atoms with Gasteiger partial charge in [0.15, 0.2) is 0 Å². The fourth-order valence-electron chi connectivity index (χ4n) is 1.71. The van der Waals surface area contributed by atoms with E-state index in [4.69, 9.17) is 4.74 Å². The Bertz CT molecular complexity index is 275. The lowest BCUT2D eigenvalue weighted by Gasteiger charge is -2.22. The van der Waals surface area contributed by atoms with Crippen LogP contribution in [0, 0.1) is 6.42 Å². The minimum atomic E-state index is 0.324. The molecule has 1 saturated carbocycles. The molecule has 1 unspecified atom stereocenters. The van der Waals surface area contributed by atoms with Crippen molar-refractivity contribution < 1.29 is 4.74 Å². The molecule has 2 rings (SSSR count).